The summed E-state index contributed by atoms with van der Waals surface area (Å²) >= 11 is 0. The number of amides is 2. The van der Waals surface area contributed by atoms with Crippen LogP contribution in [0.15, 0.2) is 0 Å². The summed E-state index contributed by atoms with van der Waals surface area (Å²) in [5.41, 5.74) is 0. The Morgan fingerprint density at radius 1 is 1.37 bits per heavy atom. The zero-order valence-corrected chi connectivity index (χ0v) is 11.5. The lowest BCUT2D eigenvalue weighted by atomic mass is 9.82. The minimum Gasteiger partial charge on any atom is -0.481 e. The molecule has 0 aromatic heterocycles. The van der Waals surface area contributed by atoms with Crippen molar-refractivity contribution < 1.29 is 19.8 Å². The monoisotopic (exact) mass is 270 g/mol. The van der Waals surface area contributed by atoms with Crippen molar-refractivity contribution in [2.24, 2.45) is 11.8 Å². The van der Waals surface area contributed by atoms with Crippen molar-refractivity contribution in [2.45, 2.75) is 38.3 Å². The highest BCUT2D eigenvalue weighted by atomic mass is 16.4. The number of aliphatic hydroxyl groups excluding tert-OH is 1. The molecule has 0 radical (unpaired) electrons. The molecule has 2 atom stereocenters. The van der Waals surface area contributed by atoms with Gasteiger partial charge in [-0.15, -0.1) is 0 Å². The topological polar surface area (TPSA) is 81.1 Å². The molecule has 6 nitrogen and oxygen atoms in total. The number of carboxylic acids is 1. The molecular weight excluding hydrogens is 248 g/mol. The summed E-state index contributed by atoms with van der Waals surface area (Å²) < 4.78 is 0. The second-order valence-corrected chi connectivity index (χ2v) is 5.82. The number of nitrogens with zero attached hydrogens (tertiary/aromatic N) is 2. The lowest BCUT2D eigenvalue weighted by Gasteiger charge is -2.36. The fourth-order valence-corrected chi connectivity index (χ4v) is 3.07. The van der Waals surface area contributed by atoms with E-state index in [2.05, 4.69) is 0 Å². The van der Waals surface area contributed by atoms with Gasteiger partial charge in [0.15, 0.2) is 0 Å². The summed E-state index contributed by atoms with van der Waals surface area (Å²) in [4.78, 5) is 26.6. The normalized spacial score (nSPS) is 33.9. The molecule has 0 spiro atoms. The van der Waals surface area contributed by atoms with Crippen LogP contribution in [0.3, 0.4) is 0 Å². The summed E-state index contributed by atoms with van der Waals surface area (Å²) in [6.07, 6.45) is 1.82. The number of rotatable bonds is 3. The van der Waals surface area contributed by atoms with E-state index in [0.29, 0.717) is 25.4 Å². The van der Waals surface area contributed by atoms with Gasteiger partial charge in [0.05, 0.1) is 12.0 Å². The molecule has 2 unspecified atom stereocenters. The number of carbonyl (C=O) groups is 2. The van der Waals surface area contributed by atoms with Crippen LogP contribution in [0.1, 0.15) is 26.2 Å². The Hall–Kier alpha value is -1.30. The number of hydrogen-bond acceptors (Lipinski definition) is 3. The molecule has 1 saturated heterocycles. The quantitative estimate of drug-likeness (QED) is 0.787. The largest absolute Gasteiger partial charge is 0.481 e. The predicted molar refractivity (Wildman–Crippen MR) is 68.7 cm³/mol. The average molecular weight is 270 g/mol. The maximum Gasteiger partial charge on any atom is 0.320 e. The zero-order chi connectivity index (χ0) is 14.2. The van der Waals surface area contributed by atoms with Crippen LogP contribution >= 0.6 is 0 Å². The summed E-state index contributed by atoms with van der Waals surface area (Å²) in [6.45, 7) is 2.94. The first-order valence-corrected chi connectivity index (χ1v) is 6.82. The van der Waals surface area contributed by atoms with E-state index < -0.39 is 11.9 Å². The SMILES string of the molecule is CC1C(C(=O)O)CCN1C(=O)N(C)CC1CC(O)C1. The van der Waals surface area contributed by atoms with E-state index in [0.717, 1.165) is 12.8 Å². The second-order valence-electron chi connectivity index (χ2n) is 5.82. The van der Waals surface area contributed by atoms with Crippen LogP contribution in [0.25, 0.3) is 0 Å². The number of urea groups is 1. The van der Waals surface area contributed by atoms with Crippen LogP contribution in [0.2, 0.25) is 0 Å². The second kappa shape index (κ2) is 5.36. The van der Waals surface area contributed by atoms with Gasteiger partial charge >= 0.3 is 12.0 Å². The van der Waals surface area contributed by atoms with Gasteiger partial charge in [-0.3, -0.25) is 4.79 Å². The van der Waals surface area contributed by atoms with Gasteiger partial charge in [0.2, 0.25) is 0 Å². The van der Waals surface area contributed by atoms with Gasteiger partial charge in [0.1, 0.15) is 0 Å². The van der Waals surface area contributed by atoms with E-state index in [4.69, 9.17) is 5.11 Å². The van der Waals surface area contributed by atoms with Crippen LogP contribution in [0.4, 0.5) is 4.79 Å². The van der Waals surface area contributed by atoms with Gasteiger partial charge in [-0.05, 0) is 32.1 Å². The molecule has 2 rings (SSSR count). The molecule has 19 heavy (non-hydrogen) atoms. The third kappa shape index (κ3) is 2.83. The number of aliphatic hydroxyl groups is 1. The Morgan fingerprint density at radius 3 is 2.47 bits per heavy atom. The first-order valence-electron chi connectivity index (χ1n) is 6.82. The van der Waals surface area contributed by atoms with E-state index in [-0.39, 0.29) is 18.2 Å². The summed E-state index contributed by atoms with van der Waals surface area (Å²) in [5, 5.41) is 18.3. The van der Waals surface area contributed by atoms with Gasteiger partial charge in [-0.1, -0.05) is 0 Å². The van der Waals surface area contributed by atoms with Crippen molar-refractivity contribution in [3.8, 4) is 0 Å². The van der Waals surface area contributed by atoms with Crippen molar-refractivity contribution in [1.82, 2.24) is 9.80 Å². The number of carboxylic acid groups (broad SMARTS) is 1. The molecule has 2 amide bonds. The molecule has 0 bridgehead atoms. The Kier molecular flexibility index (Phi) is 3.99. The van der Waals surface area contributed by atoms with Crippen molar-refractivity contribution in [2.75, 3.05) is 20.1 Å². The molecule has 2 N–H and O–H groups in total. The van der Waals surface area contributed by atoms with Gasteiger partial charge in [-0.2, -0.15) is 0 Å². The fourth-order valence-electron chi connectivity index (χ4n) is 3.07. The van der Waals surface area contributed by atoms with E-state index in [1.807, 2.05) is 0 Å². The van der Waals surface area contributed by atoms with Crippen LogP contribution in [-0.2, 0) is 4.79 Å². The average Bonchev–Trinajstić information content (AvgIpc) is 2.68. The Labute approximate surface area is 113 Å². The molecule has 1 heterocycles. The molecule has 1 saturated carbocycles. The smallest absolute Gasteiger partial charge is 0.320 e. The highest BCUT2D eigenvalue weighted by molar-refractivity contribution is 5.78. The van der Waals surface area contributed by atoms with Gasteiger partial charge in [0.25, 0.3) is 0 Å². The fraction of sp³-hybridized carbons (Fsp3) is 0.846. The molecule has 1 aliphatic heterocycles. The number of hydrogen-bond donors (Lipinski definition) is 2. The lowest BCUT2D eigenvalue weighted by molar-refractivity contribution is -0.142. The molecule has 2 fully saturated rings. The molecule has 108 valence electrons. The van der Waals surface area contributed by atoms with Gasteiger partial charge < -0.3 is 20.0 Å². The molecular formula is C13H22N2O4. The summed E-state index contributed by atoms with van der Waals surface area (Å²) in [5.74, 6) is -0.910. The molecule has 2 aliphatic rings. The standard InChI is InChI=1S/C13H22N2O4/c1-8-11(12(17)18)3-4-15(8)13(19)14(2)7-9-5-10(16)6-9/h8-11,16H,3-7H2,1-2H3,(H,17,18). The molecule has 0 aromatic carbocycles. The van der Waals surface area contributed by atoms with Crippen LogP contribution in [0.5, 0.6) is 0 Å². The van der Waals surface area contributed by atoms with Crippen molar-refractivity contribution in [1.29, 1.82) is 0 Å². The zero-order valence-electron chi connectivity index (χ0n) is 11.5. The maximum atomic E-state index is 12.3. The third-order valence-electron chi connectivity index (χ3n) is 4.39. The van der Waals surface area contributed by atoms with Gasteiger partial charge in [-0.25, -0.2) is 4.79 Å². The van der Waals surface area contributed by atoms with Crippen molar-refractivity contribution in [3.63, 3.8) is 0 Å². The first kappa shape index (κ1) is 14.1. The lowest BCUT2D eigenvalue weighted by Crippen LogP contribution is -2.47. The number of likely N-dealkylation sites (tertiary alicyclic amines) is 1. The number of carbonyl (C=O) groups excluding carboxylic acids is 1. The van der Waals surface area contributed by atoms with Crippen LogP contribution in [-0.4, -0.2) is 64.3 Å². The van der Waals surface area contributed by atoms with E-state index in [1.54, 1.807) is 23.8 Å². The van der Waals surface area contributed by atoms with Crippen molar-refractivity contribution >= 4 is 12.0 Å². The van der Waals surface area contributed by atoms with Crippen molar-refractivity contribution in [3.05, 3.63) is 0 Å². The maximum absolute atomic E-state index is 12.3. The minimum absolute atomic E-state index is 0.0994. The number of aliphatic carboxylic acids is 1. The summed E-state index contributed by atoms with van der Waals surface area (Å²) in [7, 11) is 1.74. The predicted octanol–water partition coefficient (Wildman–Crippen LogP) is 0.604. The first-order chi connectivity index (χ1) is 8.90. The van der Waals surface area contributed by atoms with Crippen LogP contribution < -0.4 is 0 Å². The van der Waals surface area contributed by atoms with E-state index in [1.165, 1.54) is 0 Å². The van der Waals surface area contributed by atoms with Crippen LogP contribution in [0, 0.1) is 11.8 Å². The Morgan fingerprint density at radius 2 is 2.00 bits per heavy atom. The Bertz CT molecular complexity index is 368. The highest BCUT2D eigenvalue weighted by Crippen LogP contribution is 2.29. The van der Waals surface area contributed by atoms with E-state index >= 15 is 0 Å². The third-order valence-corrected chi connectivity index (χ3v) is 4.39. The Balaban J connectivity index is 1.87. The van der Waals surface area contributed by atoms with E-state index in [9.17, 15) is 14.7 Å². The minimum atomic E-state index is -0.826. The highest BCUT2D eigenvalue weighted by Gasteiger charge is 2.39. The molecule has 6 heteroatoms. The molecule has 1 aliphatic carbocycles. The van der Waals surface area contributed by atoms with Gasteiger partial charge in [0, 0.05) is 26.2 Å². The summed E-state index contributed by atoms with van der Waals surface area (Å²) in [6, 6.07) is -0.350. The molecule has 0 aromatic rings.